The smallest absolute Gasteiger partial charge is 0.253 e. The van der Waals surface area contributed by atoms with E-state index in [1.165, 1.54) is 11.0 Å². The van der Waals surface area contributed by atoms with Crippen LogP contribution in [-0.2, 0) is 10.0 Å². The molecule has 110 valence electrons. The maximum Gasteiger partial charge on any atom is 0.253 e. The molecule has 3 N–H and O–H groups in total. The molecule has 6 nitrogen and oxygen atoms in total. The molecule has 2 rings (SSSR count). The summed E-state index contributed by atoms with van der Waals surface area (Å²) in [4.78, 5) is 13.1. The number of primary sulfonamides is 1. The number of carbonyl (C=O) groups excluding carboxylic acids is 1. The topological polar surface area (TPSA) is 92.5 Å². The van der Waals surface area contributed by atoms with Crippen LogP contribution in [0, 0.1) is 5.82 Å². The van der Waals surface area contributed by atoms with Crippen molar-refractivity contribution < 1.29 is 17.6 Å². The molecule has 1 heterocycles. The molecule has 1 saturated heterocycles. The Balaban J connectivity index is 2.25. The van der Waals surface area contributed by atoms with Gasteiger partial charge in [0.05, 0.1) is 0 Å². The fourth-order valence-electron chi connectivity index (χ4n) is 2.20. The summed E-state index contributed by atoms with van der Waals surface area (Å²) in [5.41, 5.74) is 0.101. The van der Waals surface area contributed by atoms with Crippen LogP contribution >= 0.6 is 0 Å². The van der Waals surface area contributed by atoms with Crippen molar-refractivity contribution in [2.24, 2.45) is 5.14 Å². The van der Waals surface area contributed by atoms with E-state index in [0.29, 0.717) is 6.54 Å². The minimum absolute atomic E-state index is 0.0588. The highest BCUT2D eigenvalue weighted by atomic mass is 32.2. The van der Waals surface area contributed by atoms with Gasteiger partial charge < -0.3 is 10.2 Å². The third-order valence-electron chi connectivity index (χ3n) is 3.39. The number of rotatable bonds is 3. The molecule has 1 fully saturated rings. The van der Waals surface area contributed by atoms with Crippen LogP contribution in [0.25, 0.3) is 0 Å². The van der Waals surface area contributed by atoms with Gasteiger partial charge in [-0.2, -0.15) is 0 Å². The second-order valence-corrected chi connectivity index (χ2v) is 6.28. The Morgan fingerprint density at radius 2 is 2.20 bits per heavy atom. The van der Waals surface area contributed by atoms with Crippen molar-refractivity contribution in [2.75, 3.05) is 20.1 Å². The van der Waals surface area contributed by atoms with Crippen molar-refractivity contribution in [3.05, 3.63) is 29.6 Å². The maximum atomic E-state index is 13.7. The first-order chi connectivity index (χ1) is 9.30. The molecule has 1 aromatic carbocycles. The van der Waals surface area contributed by atoms with E-state index in [9.17, 15) is 17.6 Å². The molecule has 0 aromatic heterocycles. The Morgan fingerprint density at radius 1 is 1.50 bits per heavy atom. The van der Waals surface area contributed by atoms with Crippen LogP contribution in [0.15, 0.2) is 23.1 Å². The lowest BCUT2D eigenvalue weighted by Gasteiger charge is -2.23. The number of nitrogens with zero attached hydrogens (tertiary/aromatic N) is 1. The molecule has 20 heavy (non-hydrogen) atoms. The Hall–Kier alpha value is -1.51. The van der Waals surface area contributed by atoms with Gasteiger partial charge in [-0.05, 0) is 31.2 Å². The molecule has 1 atom stereocenters. The molecule has 0 radical (unpaired) electrons. The molecule has 1 unspecified atom stereocenters. The van der Waals surface area contributed by atoms with Crippen LogP contribution in [0.5, 0.6) is 0 Å². The highest BCUT2D eigenvalue weighted by molar-refractivity contribution is 7.89. The van der Waals surface area contributed by atoms with E-state index in [1.54, 1.807) is 7.05 Å². The second-order valence-electron chi connectivity index (χ2n) is 4.75. The summed E-state index contributed by atoms with van der Waals surface area (Å²) in [5.74, 6) is -1.37. The first-order valence-electron chi connectivity index (χ1n) is 6.11. The van der Waals surface area contributed by atoms with E-state index in [4.69, 9.17) is 5.14 Å². The minimum Gasteiger partial charge on any atom is -0.337 e. The van der Waals surface area contributed by atoms with Crippen molar-refractivity contribution in [1.82, 2.24) is 10.2 Å². The normalized spacial score (nSPS) is 19.1. The van der Waals surface area contributed by atoms with Gasteiger partial charge in [-0.1, -0.05) is 0 Å². The molecule has 0 bridgehead atoms. The molecule has 0 aliphatic carbocycles. The summed E-state index contributed by atoms with van der Waals surface area (Å²) in [7, 11) is -2.48. The van der Waals surface area contributed by atoms with E-state index in [0.717, 1.165) is 25.1 Å². The zero-order chi connectivity index (χ0) is 14.9. The Bertz CT molecular complexity index is 627. The van der Waals surface area contributed by atoms with Crippen molar-refractivity contribution in [3.63, 3.8) is 0 Å². The van der Waals surface area contributed by atoms with Crippen molar-refractivity contribution >= 4 is 15.9 Å². The molecule has 1 amide bonds. The molecule has 8 heteroatoms. The van der Waals surface area contributed by atoms with Gasteiger partial charge in [-0.3, -0.25) is 4.79 Å². The predicted octanol–water partition coefficient (Wildman–Crippen LogP) is -0.0930. The SMILES string of the molecule is CN(C(=O)c1ccc(S(N)(=O)=O)c(F)c1)C1CCNC1. The number of benzene rings is 1. The largest absolute Gasteiger partial charge is 0.337 e. The first kappa shape index (κ1) is 14.9. The molecular weight excluding hydrogens is 285 g/mol. The Morgan fingerprint density at radius 3 is 2.70 bits per heavy atom. The molecule has 1 aliphatic rings. The molecule has 0 spiro atoms. The number of sulfonamides is 1. The van der Waals surface area contributed by atoms with Crippen LogP contribution in [0.2, 0.25) is 0 Å². The highest BCUT2D eigenvalue weighted by Crippen LogP contribution is 2.17. The standard InChI is InChI=1S/C12H16FN3O3S/c1-16(9-4-5-15-7-9)12(17)8-2-3-11(10(13)6-8)20(14,18)19/h2-3,6,9,15H,4-5,7H2,1H3,(H2,14,18,19). The molecule has 0 saturated carbocycles. The van der Waals surface area contributed by atoms with Gasteiger partial charge >= 0.3 is 0 Å². The number of carbonyl (C=O) groups is 1. The lowest BCUT2D eigenvalue weighted by atomic mass is 10.1. The first-order valence-corrected chi connectivity index (χ1v) is 7.65. The number of halogens is 1. The van der Waals surface area contributed by atoms with Crippen molar-refractivity contribution in [3.8, 4) is 0 Å². The lowest BCUT2D eigenvalue weighted by molar-refractivity contribution is 0.0743. The van der Waals surface area contributed by atoms with E-state index in [-0.39, 0.29) is 17.5 Å². The van der Waals surface area contributed by atoms with Crippen molar-refractivity contribution in [1.29, 1.82) is 0 Å². The summed E-state index contributed by atoms with van der Waals surface area (Å²) in [6.45, 7) is 1.53. The van der Waals surface area contributed by atoms with Gasteiger partial charge in [0.2, 0.25) is 10.0 Å². The molecular formula is C12H16FN3O3S. The van der Waals surface area contributed by atoms with E-state index in [1.807, 2.05) is 0 Å². The van der Waals surface area contributed by atoms with E-state index < -0.39 is 20.7 Å². The molecule has 1 aliphatic heterocycles. The van der Waals surface area contributed by atoms with Crippen LogP contribution in [-0.4, -0.2) is 45.4 Å². The number of likely N-dealkylation sites (N-methyl/N-ethyl adjacent to an activating group) is 1. The fourth-order valence-corrected chi connectivity index (χ4v) is 2.79. The van der Waals surface area contributed by atoms with Gasteiger partial charge in [-0.25, -0.2) is 17.9 Å². The quantitative estimate of drug-likeness (QED) is 0.816. The van der Waals surface area contributed by atoms with Crippen LogP contribution in [0.4, 0.5) is 4.39 Å². The number of nitrogens with one attached hydrogen (secondary N) is 1. The van der Waals surface area contributed by atoms with Crippen LogP contribution < -0.4 is 10.5 Å². The average molecular weight is 301 g/mol. The number of hydrogen-bond acceptors (Lipinski definition) is 4. The number of amides is 1. The molecule has 1 aromatic rings. The highest BCUT2D eigenvalue weighted by Gasteiger charge is 2.25. The summed E-state index contributed by atoms with van der Waals surface area (Å²) >= 11 is 0. The summed E-state index contributed by atoms with van der Waals surface area (Å²) in [6, 6.07) is 3.24. The van der Waals surface area contributed by atoms with Gasteiger partial charge in [0, 0.05) is 25.2 Å². The third-order valence-corrected chi connectivity index (χ3v) is 4.33. The van der Waals surface area contributed by atoms with Crippen LogP contribution in [0.1, 0.15) is 16.8 Å². The summed E-state index contributed by atoms with van der Waals surface area (Å²) in [5, 5.41) is 8.01. The minimum atomic E-state index is -4.12. The maximum absolute atomic E-state index is 13.7. The van der Waals surface area contributed by atoms with E-state index in [2.05, 4.69) is 5.32 Å². The number of hydrogen-bond donors (Lipinski definition) is 2. The zero-order valence-electron chi connectivity index (χ0n) is 11.0. The van der Waals surface area contributed by atoms with Gasteiger partial charge in [-0.15, -0.1) is 0 Å². The lowest BCUT2D eigenvalue weighted by Crippen LogP contribution is -2.38. The number of nitrogens with two attached hydrogens (primary N) is 1. The van der Waals surface area contributed by atoms with Crippen molar-refractivity contribution in [2.45, 2.75) is 17.4 Å². The van der Waals surface area contributed by atoms with Gasteiger partial charge in [0.1, 0.15) is 10.7 Å². The zero-order valence-corrected chi connectivity index (χ0v) is 11.8. The van der Waals surface area contributed by atoms with Gasteiger partial charge in [0.15, 0.2) is 0 Å². The van der Waals surface area contributed by atoms with Crippen LogP contribution in [0.3, 0.4) is 0 Å². The Kier molecular flexibility index (Phi) is 4.07. The van der Waals surface area contributed by atoms with E-state index >= 15 is 0 Å². The van der Waals surface area contributed by atoms with Gasteiger partial charge in [0.25, 0.3) is 5.91 Å². The second kappa shape index (κ2) is 5.47. The third kappa shape index (κ3) is 2.97. The average Bonchev–Trinajstić information content (AvgIpc) is 2.89. The summed E-state index contributed by atoms with van der Waals surface area (Å²) in [6.07, 6.45) is 0.833. The fraction of sp³-hybridized carbons (Fsp3) is 0.417. The summed E-state index contributed by atoms with van der Waals surface area (Å²) < 4.78 is 35.9. The predicted molar refractivity (Wildman–Crippen MR) is 71.1 cm³/mol. The Labute approximate surface area is 116 Å². The monoisotopic (exact) mass is 301 g/mol.